The van der Waals surface area contributed by atoms with Gasteiger partial charge in [0.1, 0.15) is 5.56 Å². The first-order chi connectivity index (χ1) is 8.31. The van der Waals surface area contributed by atoms with Crippen molar-refractivity contribution in [3.05, 3.63) is 34.6 Å². The third-order valence-corrected chi connectivity index (χ3v) is 1.91. The first-order valence-corrected chi connectivity index (χ1v) is 4.57. The predicted molar refractivity (Wildman–Crippen MR) is 46.9 cm³/mol. The average Bonchev–Trinajstić information content (AvgIpc) is 2.34. The van der Waals surface area contributed by atoms with Crippen LogP contribution in [0.5, 0.6) is 0 Å². The highest BCUT2D eigenvalue weighted by atomic mass is 19.2. The van der Waals surface area contributed by atoms with Gasteiger partial charge >= 0.3 is 11.9 Å². The van der Waals surface area contributed by atoms with E-state index in [0.29, 0.717) is 0 Å². The second-order valence-electron chi connectivity index (χ2n) is 3.06. The highest BCUT2D eigenvalue weighted by molar-refractivity contribution is 5.97. The lowest BCUT2D eigenvalue weighted by Gasteiger charge is -2.06. The topological polar surface area (TPSA) is 43.4 Å². The van der Waals surface area contributed by atoms with Crippen LogP contribution in [0.15, 0.2) is 0 Å². The van der Waals surface area contributed by atoms with Gasteiger partial charge in [-0.15, -0.1) is 0 Å². The van der Waals surface area contributed by atoms with E-state index in [4.69, 9.17) is 0 Å². The Hall–Kier alpha value is -1.99. The number of ether oxygens (including phenoxy) is 1. The third kappa shape index (κ3) is 2.31. The van der Waals surface area contributed by atoms with Crippen molar-refractivity contribution in [2.24, 2.45) is 0 Å². The molecule has 0 radical (unpaired) electrons. The fraction of sp³-hybridized carbons (Fsp3) is 0.200. The molecule has 1 aromatic carbocycles. The summed E-state index contributed by atoms with van der Waals surface area (Å²) in [6.07, 6.45) is -0.304. The SMILES string of the molecule is CCC(=O)OC(=O)c1c(F)c(F)c(F)c(F)c1F. The minimum absolute atomic E-state index is 0.304. The summed E-state index contributed by atoms with van der Waals surface area (Å²) in [5.74, 6) is -14.8. The molecule has 0 saturated heterocycles. The molecule has 0 N–H and O–H groups in total. The van der Waals surface area contributed by atoms with Crippen molar-refractivity contribution >= 4 is 11.9 Å². The molecule has 0 atom stereocenters. The van der Waals surface area contributed by atoms with E-state index in [-0.39, 0.29) is 6.42 Å². The van der Waals surface area contributed by atoms with E-state index in [2.05, 4.69) is 4.74 Å². The molecule has 0 bridgehead atoms. The predicted octanol–water partition coefficient (Wildman–Crippen LogP) is 2.48. The summed E-state index contributed by atoms with van der Waals surface area (Å²) in [5.41, 5.74) is -1.80. The van der Waals surface area contributed by atoms with Crippen molar-refractivity contribution in [2.75, 3.05) is 0 Å². The minimum Gasteiger partial charge on any atom is -0.389 e. The van der Waals surface area contributed by atoms with Gasteiger partial charge in [-0.1, -0.05) is 6.92 Å². The molecule has 3 nitrogen and oxygen atoms in total. The lowest BCUT2D eigenvalue weighted by Crippen LogP contribution is -2.18. The number of carbonyl (C=O) groups is 2. The highest BCUT2D eigenvalue weighted by Crippen LogP contribution is 2.23. The number of halogens is 5. The molecule has 0 saturated carbocycles. The van der Waals surface area contributed by atoms with Gasteiger partial charge < -0.3 is 4.74 Å². The van der Waals surface area contributed by atoms with Gasteiger partial charge in [0.05, 0.1) is 0 Å². The molecular weight excluding hydrogens is 263 g/mol. The maximum absolute atomic E-state index is 13.1. The quantitative estimate of drug-likeness (QED) is 0.272. The number of benzene rings is 1. The summed E-state index contributed by atoms with van der Waals surface area (Å²) in [5, 5.41) is 0. The molecule has 0 aliphatic heterocycles. The number of rotatable bonds is 2. The Morgan fingerprint density at radius 2 is 1.28 bits per heavy atom. The molecule has 8 heteroatoms. The Morgan fingerprint density at radius 1 is 0.889 bits per heavy atom. The van der Waals surface area contributed by atoms with Crippen LogP contribution in [-0.2, 0) is 9.53 Å². The fourth-order valence-electron chi connectivity index (χ4n) is 1.01. The van der Waals surface area contributed by atoms with Crippen molar-refractivity contribution in [2.45, 2.75) is 13.3 Å². The summed E-state index contributed by atoms with van der Waals surface area (Å²) >= 11 is 0. The molecule has 18 heavy (non-hydrogen) atoms. The second-order valence-corrected chi connectivity index (χ2v) is 3.06. The van der Waals surface area contributed by atoms with Crippen molar-refractivity contribution in [3.63, 3.8) is 0 Å². The zero-order chi connectivity index (χ0) is 14.0. The van der Waals surface area contributed by atoms with Crippen LogP contribution in [0, 0.1) is 29.1 Å². The Balaban J connectivity index is 3.33. The van der Waals surface area contributed by atoms with Crippen LogP contribution in [0.4, 0.5) is 22.0 Å². The van der Waals surface area contributed by atoms with Crippen LogP contribution in [-0.4, -0.2) is 11.9 Å². The zero-order valence-corrected chi connectivity index (χ0v) is 8.82. The maximum Gasteiger partial charge on any atom is 0.352 e. The summed E-state index contributed by atoms with van der Waals surface area (Å²) < 4.78 is 68.1. The molecular formula is C10H5F5O3. The summed E-state index contributed by atoms with van der Waals surface area (Å²) in [7, 11) is 0. The lowest BCUT2D eigenvalue weighted by atomic mass is 10.1. The monoisotopic (exact) mass is 268 g/mol. The molecule has 98 valence electrons. The zero-order valence-electron chi connectivity index (χ0n) is 8.82. The molecule has 1 aromatic rings. The van der Waals surface area contributed by atoms with Crippen LogP contribution >= 0.6 is 0 Å². The van der Waals surface area contributed by atoms with Crippen LogP contribution in [0.3, 0.4) is 0 Å². The number of esters is 2. The average molecular weight is 268 g/mol. The first-order valence-electron chi connectivity index (χ1n) is 4.57. The van der Waals surface area contributed by atoms with E-state index in [1.165, 1.54) is 6.92 Å². The Morgan fingerprint density at radius 3 is 1.67 bits per heavy atom. The van der Waals surface area contributed by atoms with E-state index < -0.39 is 46.6 Å². The van der Waals surface area contributed by atoms with E-state index in [9.17, 15) is 31.5 Å². The van der Waals surface area contributed by atoms with E-state index >= 15 is 0 Å². The fourth-order valence-corrected chi connectivity index (χ4v) is 1.01. The molecule has 0 aliphatic rings. The van der Waals surface area contributed by atoms with Gasteiger partial charge in [0.15, 0.2) is 23.3 Å². The summed E-state index contributed by atoms with van der Waals surface area (Å²) in [6, 6.07) is 0. The maximum atomic E-state index is 13.1. The van der Waals surface area contributed by atoms with Gasteiger partial charge in [0, 0.05) is 6.42 Å². The summed E-state index contributed by atoms with van der Waals surface area (Å²) in [6.45, 7) is 1.27. The van der Waals surface area contributed by atoms with Crippen molar-refractivity contribution < 1.29 is 36.3 Å². The smallest absolute Gasteiger partial charge is 0.352 e. The first kappa shape index (κ1) is 14.1. The number of hydrogen-bond acceptors (Lipinski definition) is 3. The van der Waals surface area contributed by atoms with Crippen LogP contribution < -0.4 is 0 Å². The molecule has 0 amide bonds. The van der Waals surface area contributed by atoms with Crippen molar-refractivity contribution in [1.82, 2.24) is 0 Å². The minimum atomic E-state index is -2.40. The molecule has 0 aromatic heterocycles. The molecule has 0 unspecified atom stereocenters. The Labute approximate surface area is 97.2 Å². The molecule has 0 aliphatic carbocycles. The molecule has 0 spiro atoms. The van der Waals surface area contributed by atoms with Gasteiger partial charge in [0.25, 0.3) is 0 Å². The largest absolute Gasteiger partial charge is 0.389 e. The second kappa shape index (κ2) is 5.11. The Bertz CT molecular complexity index is 498. The van der Waals surface area contributed by atoms with Gasteiger partial charge in [-0.3, -0.25) is 4.79 Å². The van der Waals surface area contributed by atoms with E-state index in [1.807, 2.05) is 0 Å². The molecule has 0 fully saturated rings. The standard InChI is InChI=1S/C10H5F5O3/c1-2-3(16)18-10(17)4-5(11)7(13)9(15)8(14)6(4)12/h2H2,1H3. The van der Waals surface area contributed by atoms with Gasteiger partial charge in [0.2, 0.25) is 5.82 Å². The molecule has 0 heterocycles. The number of carbonyl (C=O) groups excluding carboxylic acids is 2. The van der Waals surface area contributed by atoms with Crippen LogP contribution in [0.1, 0.15) is 23.7 Å². The van der Waals surface area contributed by atoms with Crippen molar-refractivity contribution in [3.8, 4) is 0 Å². The van der Waals surface area contributed by atoms with E-state index in [0.717, 1.165) is 0 Å². The van der Waals surface area contributed by atoms with Gasteiger partial charge in [-0.25, -0.2) is 26.7 Å². The third-order valence-electron chi connectivity index (χ3n) is 1.91. The molecule has 1 rings (SSSR count). The highest BCUT2D eigenvalue weighted by Gasteiger charge is 2.31. The summed E-state index contributed by atoms with van der Waals surface area (Å²) in [4.78, 5) is 21.8. The van der Waals surface area contributed by atoms with Crippen molar-refractivity contribution in [1.29, 1.82) is 0 Å². The van der Waals surface area contributed by atoms with Gasteiger partial charge in [-0.2, -0.15) is 0 Å². The van der Waals surface area contributed by atoms with Gasteiger partial charge in [-0.05, 0) is 0 Å². The number of hydrogen-bond donors (Lipinski definition) is 0. The van der Waals surface area contributed by atoms with Crippen LogP contribution in [0.25, 0.3) is 0 Å². The van der Waals surface area contributed by atoms with Crippen LogP contribution in [0.2, 0.25) is 0 Å². The normalized spacial score (nSPS) is 10.3. The lowest BCUT2D eigenvalue weighted by molar-refractivity contribution is -0.137. The van der Waals surface area contributed by atoms with E-state index in [1.54, 1.807) is 0 Å². The Kier molecular flexibility index (Phi) is 4.00.